The SMILES string of the molecule is CC(C)(Oc1ccc2c(c1)CNCC2)C(=O)O. The number of hydrogen-bond acceptors (Lipinski definition) is 3. The Morgan fingerprint density at radius 3 is 2.88 bits per heavy atom. The van der Waals surface area contributed by atoms with Crippen molar-refractivity contribution < 1.29 is 14.6 Å². The van der Waals surface area contributed by atoms with Crippen molar-refractivity contribution >= 4 is 5.97 Å². The molecule has 0 unspecified atom stereocenters. The lowest BCUT2D eigenvalue weighted by Gasteiger charge is -2.23. The molecule has 0 amide bonds. The first kappa shape index (κ1) is 11.9. The van der Waals surface area contributed by atoms with Gasteiger partial charge in [0.15, 0.2) is 5.60 Å². The van der Waals surface area contributed by atoms with Gasteiger partial charge in [0.2, 0.25) is 0 Å². The summed E-state index contributed by atoms with van der Waals surface area (Å²) >= 11 is 0. The molecule has 0 fully saturated rings. The third kappa shape index (κ3) is 2.58. The first-order chi connectivity index (χ1) is 7.99. The topological polar surface area (TPSA) is 58.6 Å². The van der Waals surface area contributed by atoms with Crippen LogP contribution < -0.4 is 10.1 Å². The summed E-state index contributed by atoms with van der Waals surface area (Å²) in [6.45, 7) is 4.91. The fourth-order valence-electron chi connectivity index (χ4n) is 1.86. The zero-order valence-electron chi connectivity index (χ0n) is 10.1. The lowest BCUT2D eigenvalue weighted by Crippen LogP contribution is -2.38. The summed E-state index contributed by atoms with van der Waals surface area (Å²) in [5.41, 5.74) is 1.30. The van der Waals surface area contributed by atoms with E-state index in [-0.39, 0.29) is 0 Å². The smallest absolute Gasteiger partial charge is 0.347 e. The molecule has 1 heterocycles. The number of hydrogen-bond donors (Lipinski definition) is 2. The molecule has 4 nitrogen and oxygen atoms in total. The molecule has 1 aliphatic heterocycles. The van der Waals surface area contributed by atoms with Crippen LogP contribution in [-0.2, 0) is 17.8 Å². The van der Waals surface area contributed by atoms with Crippen LogP contribution in [0.15, 0.2) is 18.2 Å². The average Bonchev–Trinajstić information content (AvgIpc) is 2.28. The Kier molecular flexibility index (Phi) is 3.07. The number of carboxylic acid groups (broad SMARTS) is 1. The minimum Gasteiger partial charge on any atom is -0.478 e. The van der Waals surface area contributed by atoms with Crippen LogP contribution in [0, 0.1) is 0 Å². The van der Waals surface area contributed by atoms with Crippen LogP contribution >= 0.6 is 0 Å². The Bertz CT molecular complexity index is 440. The zero-order valence-corrected chi connectivity index (χ0v) is 10.1. The van der Waals surface area contributed by atoms with Crippen molar-refractivity contribution in [2.45, 2.75) is 32.4 Å². The van der Waals surface area contributed by atoms with E-state index >= 15 is 0 Å². The molecule has 1 aromatic rings. The summed E-state index contributed by atoms with van der Waals surface area (Å²) < 4.78 is 5.50. The van der Waals surface area contributed by atoms with E-state index in [1.165, 1.54) is 11.1 Å². The summed E-state index contributed by atoms with van der Waals surface area (Å²) in [4.78, 5) is 11.0. The van der Waals surface area contributed by atoms with E-state index in [0.717, 1.165) is 19.5 Å². The third-order valence-corrected chi connectivity index (χ3v) is 2.95. The minimum atomic E-state index is -1.20. The summed E-state index contributed by atoms with van der Waals surface area (Å²) in [7, 11) is 0. The fraction of sp³-hybridized carbons (Fsp3) is 0.462. The van der Waals surface area contributed by atoms with Gasteiger partial charge in [-0.1, -0.05) is 6.07 Å². The van der Waals surface area contributed by atoms with Crippen molar-refractivity contribution in [2.24, 2.45) is 0 Å². The zero-order chi connectivity index (χ0) is 12.5. The Hall–Kier alpha value is -1.55. The van der Waals surface area contributed by atoms with Gasteiger partial charge in [0, 0.05) is 6.54 Å². The van der Waals surface area contributed by atoms with Gasteiger partial charge in [-0.25, -0.2) is 4.79 Å². The molecule has 0 bridgehead atoms. The summed E-state index contributed by atoms with van der Waals surface area (Å²) in [6, 6.07) is 5.78. The van der Waals surface area contributed by atoms with Crippen molar-refractivity contribution in [3.8, 4) is 5.75 Å². The molecule has 0 aliphatic carbocycles. The number of rotatable bonds is 3. The summed E-state index contributed by atoms with van der Waals surface area (Å²) in [6.07, 6.45) is 1.01. The van der Waals surface area contributed by atoms with Crippen LogP contribution in [-0.4, -0.2) is 23.2 Å². The van der Waals surface area contributed by atoms with Crippen LogP contribution in [0.1, 0.15) is 25.0 Å². The Balaban J connectivity index is 2.20. The molecule has 0 radical (unpaired) electrons. The quantitative estimate of drug-likeness (QED) is 0.835. The summed E-state index contributed by atoms with van der Waals surface area (Å²) in [5, 5.41) is 12.3. The van der Waals surface area contributed by atoms with E-state index in [2.05, 4.69) is 5.32 Å². The molecule has 2 N–H and O–H groups in total. The number of fused-ring (bicyclic) bond motifs is 1. The van der Waals surface area contributed by atoms with Gasteiger partial charge >= 0.3 is 5.97 Å². The molecule has 92 valence electrons. The van der Waals surface area contributed by atoms with E-state index in [0.29, 0.717) is 5.75 Å². The van der Waals surface area contributed by atoms with Crippen molar-refractivity contribution in [3.63, 3.8) is 0 Å². The largest absolute Gasteiger partial charge is 0.478 e. The van der Waals surface area contributed by atoms with E-state index in [1.54, 1.807) is 13.8 Å². The molecule has 0 saturated carbocycles. The van der Waals surface area contributed by atoms with Gasteiger partial charge in [-0.05, 0) is 50.1 Å². The van der Waals surface area contributed by atoms with Crippen LogP contribution in [0.25, 0.3) is 0 Å². The van der Waals surface area contributed by atoms with Crippen LogP contribution in [0.3, 0.4) is 0 Å². The molecule has 1 aromatic carbocycles. The second-order valence-electron chi connectivity index (χ2n) is 4.77. The van der Waals surface area contributed by atoms with E-state index < -0.39 is 11.6 Å². The monoisotopic (exact) mass is 235 g/mol. The molecule has 4 heteroatoms. The van der Waals surface area contributed by atoms with Crippen LogP contribution in [0.5, 0.6) is 5.75 Å². The fourth-order valence-corrected chi connectivity index (χ4v) is 1.86. The number of benzene rings is 1. The number of nitrogens with one attached hydrogen (secondary N) is 1. The number of carbonyl (C=O) groups is 1. The Morgan fingerprint density at radius 1 is 1.41 bits per heavy atom. The van der Waals surface area contributed by atoms with Gasteiger partial charge in [-0.15, -0.1) is 0 Å². The van der Waals surface area contributed by atoms with Crippen molar-refractivity contribution in [1.82, 2.24) is 5.32 Å². The lowest BCUT2D eigenvalue weighted by atomic mass is 10.0. The van der Waals surface area contributed by atoms with E-state index in [1.807, 2.05) is 18.2 Å². The Labute approximate surface area is 101 Å². The van der Waals surface area contributed by atoms with Crippen molar-refractivity contribution in [1.29, 1.82) is 0 Å². The van der Waals surface area contributed by atoms with E-state index in [9.17, 15) is 4.79 Å². The van der Waals surface area contributed by atoms with Gasteiger partial charge in [0.25, 0.3) is 0 Å². The molecule has 17 heavy (non-hydrogen) atoms. The first-order valence-electron chi connectivity index (χ1n) is 5.74. The predicted molar refractivity (Wildman–Crippen MR) is 64.2 cm³/mol. The standard InChI is InChI=1S/C13H17NO3/c1-13(2,12(15)16)17-11-4-3-9-5-6-14-8-10(9)7-11/h3-4,7,14H,5-6,8H2,1-2H3,(H,15,16). The highest BCUT2D eigenvalue weighted by atomic mass is 16.5. The maximum absolute atomic E-state index is 11.0. The maximum Gasteiger partial charge on any atom is 0.347 e. The molecule has 0 atom stereocenters. The minimum absolute atomic E-state index is 0.611. The van der Waals surface area contributed by atoms with Gasteiger partial charge in [-0.2, -0.15) is 0 Å². The average molecular weight is 235 g/mol. The number of ether oxygens (including phenoxy) is 1. The number of aliphatic carboxylic acids is 1. The second kappa shape index (κ2) is 4.37. The highest BCUT2D eigenvalue weighted by molar-refractivity contribution is 5.76. The lowest BCUT2D eigenvalue weighted by molar-refractivity contribution is -0.152. The maximum atomic E-state index is 11.0. The molecule has 0 saturated heterocycles. The highest BCUT2D eigenvalue weighted by Gasteiger charge is 2.29. The molecular weight excluding hydrogens is 218 g/mol. The van der Waals surface area contributed by atoms with Crippen molar-refractivity contribution in [3.05, 3.63) is 29.3 Å². The highest BCUT2D eigenvalue weighted by Crippen LogP contribution is 2.24. The van der Waals surface area contributed by atoms with Crippen molar-refractivity contribution in [2.75, 3.05) is 6.54 Å². The molecule has 0 aromatic heterocycles. The molecule has 2 rings (SSSR count). The first-order valence-corrected chi connectivity index (χ1v) is 5.74. The van der Waals surface area contributed by atoms with Gasteiger partial charge in [0.05, 0.1) is 0 Å². The van der Waals surface area contributed by atoms with Crippen LogP contribution in [0.4, 0.5) is 0 Å². The molecule has 1 aliphatic rings. The molecule has 0 spiro atoms. The van der Waals surface area contributed by atoms with Gasteiger partial charge in [0.1, 0.15) is 5.75 Å². The predicted octanol–water partition coefficient (Wildman–Crippen LogP) is 1.57. The summed E-state index contributed by atoms with van der Waals surface area (Å²) in [5.74, 6) is -0.354. The van der Waals surface area contributed by atoms with Gasteiger partial charge in [-0.3, -0.25) is 0 Å². The van der Waals surface area contributed by atoms with Gasteiger partial charge < -0.3 is 15.2 Å². The Morgan fingerprint density at radius 2 is 2.18 bits per heavy atom. The second-order valence-corrected chi connectivity index (χ2v) is 4.77. The molecular formula is C13H17NO3. The third-order valence-electron chi connectivity index (χ3n) is 2.95. The van der Waals surface area contributed by atoms with E-state index in [4.69, 9.17) is 9.84 Å². The normalized spacial score (nSPS) is 15.2. The van der Waals surface area contributed by atoms with Crippen LogP contribution in [0.2, 0.25) is 0 Å². The number of carboxylic acids is 1.